The van der Waals surface area contributed by atoms with Crippen LogP contribution in [-0.2, 0) is 0 Å². The van der Waals surface area contributed by atoms with Gasteiger partial charge < -0.3 is 14.5 Å². The van der Waals surface area contributed by atoms with Crippen molar-refractivity contribution in [1.29, 1.82) is 0 Å². The highest BCUT2D eigenvalue weighted by Gasteiger charge is 2.14. The van der Waals surface area contributed by atoms with Gasteiger partial charge in [-0.2, -0.15) is 0 Å². The number of ether oxygens (including phenoxy) is 1. The number of hydrogen-bond donors (Lipinski definition) is 0. The summed E-state index contributed by atoms with van der Waals surface area (Å²) in [6.07, 6.45) is 1.76. The molecule has 0 aliphatic carbocycles. The van der Waals surface area contributed by atoms with Gasteiger partial charge in [0, 0.05) is 34.3 Å². The summed E-state index contributed by atoms with van der Waals surface area (Å²) in [4.78, 5) is 14.4. The topological polar surface area (TPSA) is 58.9 Å². The predicted octanol–water partition coefficient (Wildman–Crippen LogP) is 2.02. The van der Waals surface area contributed by atoms with Crippen molar-refractivity contribution in [2.24, 2.45) is 0 Å². The first-order valence-corrected chi connectivity index (χ1v) is 5.75. The van der Waals surface area contributed by atoms with Crippen LogP contribution in [0.2, 0.25) is 0 Å². The molecule has 0 saturated carbocycles. The van der Waals surface area contributed by atoms with Crippen molar-refractivity contribution in [2.75, 3.05) is 35.3 Å². The molecule has 0 aliphatic rings. The van der Waals surface area contributed by atoms with Gasteiger partial charge in [-0.05, 0) is 18.2 Å². The van der Waals surface area contributed by atoms with E-state index in [2.05, 4.69) is 0 Å². The average Bonchev–Trinajstić information content (AvgIpc) is 2.34. The average molecular weight is 265 g/mol. The third-order valence-corrected chi connectivity index (χ3v) is 2.63. The summed E-state index contributed by atoms with van der Waals surface area (Å²) in [5, 5.41) is 11.1. The minimum Gasteiger partial charge on any atom is -0.497 e. The van der Waals surface area contributed by atoms with E-state index in [9.17, 15) is 10.1 Å². The number of hydrogen-bond acceptors (Lipinski definition) is 5. The van der Waals surface area contributed by atoms with Gasteiger partial charge in [-0.1, -0.05) is 0 Å². The van der Waals surface area contributed by atoms with Crippen molar-refractivity contribution in [2.45, 2.75) is 0 Å². The SMILES string of the molecule is COc1ccc([N+](=O)[O-])c(C=C(N(C)C)N(C)C)c1. The normalized spacial score (nSPS) is 9.74. The molecule has 0 N–H and O–H groups in total. The van der Waals surface area contributed by atoms with Crippen LogP contribution in [0, 0.1) is 10.1 Å². The van der Waals surface area contributed by atoms with Crippen LogP contribution in [0.1, 0.15) is 5.56 Å². The Morgan fingerprint density at radius 2 is 1.84 bits per heavy atom. The summed E-state index contributed by atoms with van der Waals surface area (Å²) in [5.74, 6) is 1.45. The van der Waals surface area contributed by atoms with E-state index in [1.165, 1.54) is 13.2 Å². The molecule has 19 heavy (non-hydrogen) atoms. The lowest BCUT2D eigenvalue weighted by atomic mass is 10.1. The van der Waals surface area contributed by atoms with E-state index in [-0.39, 0.29) is 5.69 Å². The van der Waals surface area contributed by atoms with E-state index >= 15 is 0 Å². The molecule has 0 unspecified atom stereocenters. The van der Waals surface area contributed by atoms with Gasteiger partial charge in [0.2, 0.25) is 0 Å². The monoisotopic (exact) mass is 265 g/mol. The van der Waals surface area contributed by atoms with Gasteiger partial charge in [-0.3, -0.25) is 10.1 Å². The summed E-state index contributed by atoms with van der Waals surface area (Å²) < 4.78 is 5.11. The van der Waals surface area contributed by atoms with Gasteiger partial charge >= 0.3 is 0 Å². The lowest BCUT2D eigenvalue weighted by molar-refractivity contribution is -0.385. The molecule has 0 radical (unpaired) electrons. The molecule has 0 spiro atoms. The molecule has 1 aromatic rings. The zero-order valence-electron chi connectivity index (χ0n) is 11.9. The van der Waals surface area contributed by atoms with Crippen molar-refractivity contribution in [3.63, 3.8) is 0 Å². The molecule has 0 fully saturated rings. The molecular formula is C13H19N3O3. The van der Waals surface area contributed by atoms with E-state index in [1.807, 2.05) is 38.0 Å². The molecule has 0 aromatic heterocycles. The van der Waals surface area contributed by atoms with Crippen LogP contribution in [-0.4, -0.2) is 50.0 Å². The molecule has 6 nitrogen and oxygen atoms in total. The molecule has 0 saturated heterocycles. The highest BCUT2D eigenvalue weighted by Crippen LogP contribution is 2.26. The van der Waals surface area contributed by atoms with Crippen LogP contribution >= 0.6 is 0 Å². The van der Waals surface area contributed by atoms with Crippen molar-refractivity contribution in [3.05, 3.63) is 39.7 Å². The maximum Gasteiger partial charge on any atom is 0.276 e. The first kappa shape index (κ1) is 14.8. The number of benzene rings is 1. The Morgan fingerprint density at radius 1 is 1.26 bits per heavy atom. The predicted molar refractivity (Wildman–Crippen MR) is 75.0 cm³/mol. The molecule has 0 atom stereocenters. The molecule has 1 aromatic carbocycles. The van der Waals surface area contributed by atoms with Crippen LogP contribution in [0.25, 0.3) is 6.08 Å². The maximum absolute atomic E-state index is 11.1. The number of nitro benzene ring substituents is 1. The molecule has 0 amide bonds. The van der Waals surface area contributed by atoms with E-state index in [0.29, 0.717) is 11.3 Å². The summed E-state index contributed by atoms with van der Waals surface area (Å²) in [5.41, 5.74) is 0.573. The standard InChI is InChI=1S/C13H19N3O3/c1-14(2)13(15(3)4)9-10-8-11(19-5)6-7-12(10)16(17)18/h6-9H,1-5H3. The fourth-order valence-electron chi connectivity index (χ4n) is 1.74. The van der Waals surface area contributed by atoms with Crippen molar-refractivity contribution >= 4 is 11.8 Å². The third-order valence-electron chi connectivity index (χ3n) is 2.63. The van der Waals surface area contributed by atoms with Crippen LogP contribution in [0.5, 0.6) is 5.75 Å². The smallest absolute Gasteiger partial charge is 0.276 e. The number of methoxy groups -OCH3 is 1. The van der Waals surface area contributed by atoms with E-state index in [1.54, 1.807) is 18.2 Å². The van der Waals surface area contributed by atoms with Crippen LogP contribution in [0.15, 0.2) is 24.0 Å². The largest absolute Gasteiger partial charge is 0.497 e. The van der Waals surface area contributed by atoms with Crippen LogP contribution < -0.4 is 4.74 Å². The van der Waals surface area contributed by atoms with E-state index in [4.69, 9.17) is 4.74 Å². The van der Waals surface area contributed by atoms with E-state index < -0.39 is 4.92 Å². The number of nitrogens with zero attached hydrogens (tertiary/aromatic N) is 3. The van der Waals surface area contributed by atoms with Crippen molar-refractivity contribution in [3.8, 4) is 5.75 Å². The minimum absolute atomic E-state index is 0.0574. The summed E-state index contributed by atoms with van der Waals surface area (Å²) in [6, 6.07) is 4.69. The Labute approximate surface area is 113 Å². The summed E-state index contributed by atoms with van der Waals surface area (Å²) in [7, 11) is 9.08. The van der Waals surface area contributed by atoms with Gasteiger partial charge in [0.05, 0.1) is 17.6 Å². The number of nitro groups is 1. The zero-order valence-corrected chi connectivity index (χ0v) is 11.9. The van der Waals surface area contributed by atoms with Gasteiger partial charge in [0.15, 0.2) is 0 Å². The first-order valence-electron chi connectivity index (χ1n) is 5.75. The van der Waals surface area contributed by atoms with Gasteiger partial charge in [0.1, 0.15) is 11.6 Å². The number of rotatable bonds is 5. The van der Waals surface area contributed by atoms with Crippen molar-refractivity contribution < 1.29 is 9.66 Å². The second-order valence-corrected chi connectivity index (χ2v) is 4.47. The van der Waals surface area contributed by atoms with Crippen molar-refractivity contribution in [1.82, 2.24) is 9.80 Å². The Balaban J connectivity index is 3.37. The second kappa shape index (κ2) is 6.08. The molecular weight excluding hydrogens is 246 g/mol. The third kappa shape index (κ3) is 3.61. The fourth-order valence-corrected chi connectivity index (χ4v) is 1.74. The van der Waals surface area contributed by atoms with Crippen LogP contribution in [0.4, 0.5) is 5.69 Å². The highest BCUT2D eigenvalue weighted by molar-refractivity contribution is 5.64. The maximum atomic E-state index is 11.1. The van der Waals surface area contributed by atoms with Gasteiger partial charge in [0.25, 0.3) is 5.69 Å². The summed E-state index contributed by atoms with van der Waals surface area (Å²) in [6.45, 7) is 0. The van der Waals surface area contributed by atoms with Gasteiger partial charge in [-0.25, -0.2) is 0 Å². The zero-order chi connectivity index (χ0) is 14.6. The molecule has 0 bridgehead atoms. The fraction of sp³-hybridized carbons (Fsp3) is 0.385. The Kier molecular flexibility index (Phi) is 4.74. The molecule has 0 aliphatic heterocycles. The van der Waals surface area contributed by atoms with Gasteiger partial charge in [-0.15, -0.1) is 0 Å². The summed E-state index contributed by atoms with van der Waals surface area (Å²) >= 11 is 0. The minimum atomic E-state index is -0.395. The molecule has 1 rings (SSSR count). The Bertz CT molecular complexity index is 486. The highest BCUT2D eigenvalue weighted by atomic mass is 16.6. The lowest BCUT2D eigenvalue weighted by Crippen LogP contribution is -2.24. The van der Waals surface area contributed by atoms with Crippen LogP contribution in [0.3, 0.4) is 0 Å². The lowest BCUT2D eigenvalue weighted by Gasteiger charge is -2.24. The quantitative estimate of drug-likeness (QED) is 0.602. The molecule has 6 heteroatoms. The Morgan fingerprint density at radius 3 is 2.26 bits per heavy atom. The molecule has 104 valence electrons. The van der Waals surface area contributed by atoms with E-state index in [0.717, 1.165) is 5.82 Å². The Hall–Kier alpha value is -2.24. The molecule has 0 heterocycles. The second-order valence-electron chi connectivity index (χ2n) is 4.47. The first-order chi connectivity index (χ1) is 8.86.